The Morgan fingerprint density at radius 2 is 1.80 bits per heavy atom. The van der Waals surface area contributed by atoms with E-state index in [0.29, 0.717) is 0 Å². The summed E-state index contributed by atoms with van der Waals surface area (Å²) in [7, 11) is 0. The maximum absolute atomic E-state index is 4.45. The highest BCUT2D eigenvalue weighted by atomic mass is 15.1. The highest BCUT2D eigenvalue weighted by Gasteiger charge is 2.04. The third kappa shape index (κ3) is 3.70. The average molecular weight is 270 g/mol. The lowest BCUT2D eigenvalue weighted by molar-refractivity contribution is 0.955. The zero-order valence-corrected chi connectivity index (χ0v) is 12.4. The van der Waals surface area contributed by atoms with Crippen LogP contribution in [0.25, 0.3) is 0 Å². The van der Waals surface area contributed by atoms with E-state index in [1.807, 2.05) is 19.1 Å². The fraction of sp³-hybridized carbons (Fsp3) is 0.375. The maximum atomic E-state index is 4.45. The molecule has 0 spiro atoms. The van der Waals surface area contributed by atoms with Crippen molar-refractivity contribution in [1.82, 2.24) is 9.97 Å². The van der Waals surface area contributed by atoms with Crippen LogP contribution in [0.5, 0.6) is 0 Å². The molecule has 2 aromatic rings. The molecule has 0 saturated carbocycles. The topological polar surface area (TPSA) is 49.8 Å². The molecule has 1 aromatic heterocycles. The smallest absolute Gasteiger partial charge is 0.136 e. The number of hydrogen-bond donors (Lipinski definition) is 2. The molecule has 0 bridgehead atoms. The molecule has 0 aliphatic carbocycles. The van der Waals surface area contributed by atoms with Crippen molar-refractivity contribution in [3.63, 3.8) is 0 Å². The summed E-state index contributed by atoms with van der Waals surface area (Å²) in [6.07, 6.45) is 2.07. The van der Waals surface area contributed by atoms with Crippen molar-refractivity contribution < 1.29 is 0 Å². The van der Waals surface area contributed by atoms with Crippen LogP contribution in [0.4, 0.5) is 17.3 Å². The molecule has 0 atom stereocenters. The first-order valence-electron chi connectivity index (χ1n) is 7.17. The minimum absolute atomic E-state index is 0.766. The van der Waals surface area contributed by atoms with E-state index in [0.717, 1.165) is 42.5 Å². The van der Waals surface area contributed by atoms with E-state index in [-0.39, 0.29) is 0 Å². The van der Waals surface area contributed by atoms with Gasteiger partial charge in [-0.25, -0.2) is 9.97 Å². The monoisotopic (exact) mass is 270 g/mol. The molecule has 1 heterocycles. The number of hydrogen-bond acceptors (Lipinski definition) is 4. The van der Waals surface area contributed by atoms with Gasteiger partial charge in [0.15, 0.2) is 0 Å². The predicted molar refractivity (Wildman–Crippen MR) is 84.7 cm³/mol. The largest absolute Gasteiger partial charge is 0.370 e. The Bertz CT molecular complexity index is 566. The van der Waals surface area contributed by atoms with Gasteiger partial charge in [-0.15, -0.1) is 0 Å². The van der Waals surface area contributed by atoms with Crippen LogP contribution in [-0.2, 0) is 6.42 Å². The summed E-state index contributed by atoms with van der Waals surface area (Å²) in [6.45, 7) is 7.12. The lowest BCUT2D eigenvalue weighted by Gasteiger charge is -2.12. The zero-order valence-electron chi connectivity index (χ0n) is 12.4. The summed E-state index contributed by atoms with van der Waals surface area (Å²) >= 11 is 0. The number of nitrogens with zero attached hydrogens (tertiary/aromatic N) is 2. The third-order valence-corrected chi connectivity index (χ3v) is 3.06. The van der Waals surface area contributed by atoms with Gasteiger partial charge in [-0.2, -0.15) is 0 Å². The van der Waals surface area contributed by atoms with Gasteiger partial charge in [-0.1, -0.05) is 32.0 Å². The first-order chi connectivity index (χ1) is 9.72. The summed E-state index contributed by atoms with van der Waals surface area (Å²) in [6, 6.07) is 10.3. The van der Waals surface area contributed by atoms with Gasteiger partial charge in [0, 0.05) is 18.3 Å². The molecule has 0 aliphatic heterocycles. The number of aryl methyl sites for hydroxylation is 2. The molecule has 0 radical (unpaired) electrons. The van der Waals surface area contributed by atoms with Crippen LogP contribution in [0.1, 0.15) is 31.7 Å². The zero-order chi connectivity index (χ0) is 14.4. The van der Waals surface area contributed by atoms with Crippen molar-refractivity contribution in [1.29, 1.82) is 0 Å². The minimum Gasteiger partial charge on any atom is -0.370 e. The van der Waals surface area contributed by atoms with Gasteiger partial charge >= 0.3 is 0 Å². The number of para-hydroxylation sites is 1. The van der Waals surface area contributed by atoms with Gasteiger partial charge < -0.3 is 10.6 Å². The molecule has 4 nitrogen and oxygen atoms in total. The van der Waals surface area contributed by atoms with Crippen molar-refractivity contribution in [2.24, 2.45) is 0 Å². The van der Waals surface area contributed by atoms with Crippen molar-refractivity contribution in [2.75, 3.05) is 17.2 Å². The second-order valence-corrected chi connectivity index (χ2v) is 4.75. The van der Waals surface area contributed by atoms with E-state index in [1.165, 1.54) is 5.56 Å². The van der Waals surface area contributed by atoms with Crippen LogP contribution in [-0.4, -0.2) is 16.5 Å². The molecule has 0 fully saturated rings. The van der Waals surface area contributed by atoms with Crippen molar-refractivity contribution in [2.45, 2.75) is 33.6 Å². The number of aromatic nitrogens is 2. The normalized spacial score (nSPS) is 10.3. The summed E-state index contributed by atoms with van der Waals surface area (Å²) in [5.74, 6) is 2.47. The second kappa shape index (κ2) is 6.89. The summed E-state index contributed by atoms with van der Waals surface area (Å²) in [5.41, 5.74) is 2.39. The van der Waals surface area contributed by atoms with Crippen molar-refractivity contribution in [3.8, 4) is 0 Å². The standard InChI is InChI=1S/C16H22N4/c1-4-10-17-15-11-16(19-12(3)18-15)20-14-9-7-6-8-13(14)5-2/h6-9,11H,4-5,10H2,1-3H3,(H2,17,18,19,20). The quantitative estimate of drug-likeness (QED) is 0.835. The molecule has 4 heteroatoms. The van der Waals surface area contributed by atoms with Crippen LogP contribution >= 0.6 is 0 Å². The molecule has 106 valence electrons. The Hall–Kier alpha value is -2.10. The summed E-state index contributed by atoms with van der Waals surface area (Å²) in [4.78, 5) is 8.84. The SMILES string of the molecule is CCCNc1cc(Nc2ccccc2CC)nc(C)n1. The molecule has 0 amide bonds. The minimum atomic E-state index is 0.766. The number of nitrogens with one attached hydrogen (secondary N) is 2. The van der Waals surface area contributed by atoms with E-state index >= 15 is 0 Å². The Morgan fingerprint density at radius 3 is 2.55 bits per heavy atom. The summed E-state index contributed by atoms with van der Waals surface area (Å²) < 4.78 is 0. The molecule has 0 saturated heterocycles. The van der Waals surface area contributed by atoms with E-state index < -0.39 is 0 Å². The Kier molecular flexibility index (Phi) is 4.93. The molecule has 2 rings (SSSR count). The van der Waals surface area contributed by atoms with Gasteiger partial charge in [0.25, 0.3) is 0 Å². The molecule has 2 N–H and O–H groups in total. The number of anilines is 3. The molecular weight excluding hydrogens is 248 g/mol. The van der Waals surface area contributed by atoms with Crippen LogP contribution < -0.4 is 10.6 Å². The van der Waals surface area contributed by atoms with E-state index in [1.54, 1.807) is 0 Å². The van der Waals surface area contributed by atoms with Gasteiger partial charge in [-0.05, 0) is 31.4 Å². The second-order valence-electron chi connectivity index (χ2n) is 4.75. The lowest BCUT2D eigenvalue weighted by atomic mass is 10.1. The highest BCUT2D eigenvalue weighted by Crippen LogP contribution is 2.21. The van der Waals surface area contributed by atoms with Gasteiger partial charge in [0.05, 0.1) is 0 Å². The lowest BCUT2D eigenvalue weighted by Crippen LogP contribution is -2.06. The molecule has 1 aromatic carbocycles. The molecular formula is C16H22N4. The Balaban J connectivity index is 2.22. The van der Waals surface area contributed by atoms with Crippen LogP contribution in [0.2, 0.25) is 0 Å². The van der Waals surface area contributed by atoms with Gasteiger partial charge in [0.1, 0.15) is 17.5 Å². The first-order valence-corrected chi connectivity index (χ1v) is 7.17. The molecule has 20 heavy (non-hydrogen) atoms. The Labute approximate surface area is 120 Å². The number of benzene rings is 1. The van der Waals surface area contributed by atoms with Gasteiger partial charge in [-0.3, -0.25) is 0 Å². The van der Waals surface area contributed by atoms with Crippen molar-refractivity contribution in [3.05, 3.63) is 41.7 Å². The van der Waals surface area contributed by atoms with Crippen LogP contribution in [0.3, 0.4) is 0 Å². The average Bonchev–Trinajstić information content (AvgIpc) is 2.45. The van der Waals surface area contributed by atoms with Crippen molar-refractivity contribution >= 4 is 17.3 Å². The first kappa shape index (κ1) is 14.3. The van der Waals surface area contributed by atoms with E-state index in [2.05, 4.69) is 52.6 Å². The molecule has 0 unspecified atom stereocenters. The van der Waals surface area contributed by atoms with E-state index in [9.17, 15) is 0 Å². The number of rotatable bonds is 6. The highest BCUT2D eigenvalue weighted by molar-refractivity contribution is 5.62. The third-order valence-electron chi connectivity index (χ3n) is 3.06. The van der Waals surface area contributed by atoms with E-state index in [4.69, 9.17) is 0 Å². The van der Waals surface area contributed by atoms with Crippen LogP contribution in [0.15, 0.2) is 30.3 Å². The maximum Gasteiger partial charge on any atom is 0.136 e. The fourth-order valence-electron chi connectivity index (χ4n) is 2.06. The Morgan fingerprint density at radius 1 is 1.05 bits per heavy atom. The predicted octanol–water partition coefficient (Wildman–Crippen LogP) is 3.91. The molecule has 0 aliphatic rings. The van der Waals surface area contributed by atoms with Gasteiger partial charge in [0.2, 0.25) is 0 Å². The summed E-state index contributed by atoms with van der Waals surface area (Å²) in [5, 5.41) is 6.69. The fourth-order valence-corrected chi connectivity index (χ4v) is 2.06. The van der Waals surface area contributed by atoms with Crippen LogP contribution in [0, 0.1) is 6.92 Å².